The van der Waals surface area contributed by atoms with Crippen LogP contribution in [0.15, 0.2) is 44.8 Å². The molecule has 0 radical (unpaired) electrons. The van der Waals surface area contributed by atoms with Crippen molar-refractivity contribution in [2.75, 3.05) is 0 Å². The minimum absolute atomic E-state index is 0.0297. The number of hydrogen-bond donors (Lipinski definition) is 1. The summed E-state index contributed by atoms with van der Waals surface area (Å²) >= 11 is 0. The van der Waals surface area contributed by atoms with Gasteiger partial charge in [0.25, 0.3) is 5.95 Å². The molecule has 0 bridgehead atoms. The standard InChI is InChI=1S/C17H20O5/c1-10(12-6-5-7-17(3,4)11(12)2)16(20)22-15-8-13(18)14(19)9-21-15/h8-9,19H,1,5-7H2,2-4H3. The van der Waals surface area contributed by atoms with Crippen molar-refractivity contribution in [1.29, 1.82) is 0 Å². The molecule has 1 aliphatic carbocycles. The zero-order valence-electron chi connectivity index (χ0n) is 13.1. The SMILES string of the molecule is C=C(C(=O)Oc1cc(=O)c(O)co1)C1=C(C)C(C)(C)CCC1. The molecule has 5 heteroatoms. The van der Waals surface area contributed by atoms with Crippen molar-refractivity contribution in [3.05, 3.63) is 45.9 Å². The minimum Gasteiger partial charge on any atom is -0.502 e. The van der Waals surface area contributed by atoms with E-state index in [1.807, 2.05) is 6.92 Å². The number of esters is 1. The Labute approximate surface area is 128 Å². The van der Waals surface area contributed by atoms with Gasteiger partial charge in [0, 0.05) is 0 Å². The maximum Gasteiger partial charge on any atom is 0.345 e. The van der Waals surface area contributed by atoms with Gasteiger partial charge in [-0.3, -0.25) is 4.79 Å². The van der Waals surface area contributed by atoms with Crippen molar-refractivity contribution in [3.8, 4) is 11.7 Å². The van der Waals surface area contributed by atoms with Crippen LogP contribution in [0.2, 0.25) is 0 Å². The van der Waals surface area contributed by atoms with E-state index in [1.54, 1.807) is 0 Å². The fourth-order valence-electron chi connectivity index (χ4n) is 2.58. The zero-order chi connectivity index (χ0) is 16.5. The summed E-state index contributed by atoms with van der Waals surface area (Å²) in [4.78, 5) is 23.5. The number of carbonyl (C=O) groups is 1. The van der Waals surface area contributed by atoms with Crippen LogP contribution in [0.4, 0.5) is 0 Å². The van der Waals surface area contributed by atoms with E-state index in [9.17, 15) is 9.59 Å². The molecule has 0 unspecified atom stereocenters. The third-order valence-electron chi connectivity index (χ3n) is 4.29. The lowest BCUT2D eigenvalue weighted by Crippen LogP contribution is -2.22. The molecule has 1 heterocycles. The average Bonchev–Trinajstić information content (AvgIpc) is 2.45. The average molecular weight is 304 g/mol. The summed E-state index contributed by atoms with van der Waals surface area (Å²) in [5.74, 6) is -1.45. The lowest BCUT2D eigenvalue weighted by molar-refractivity contribution is -0.131. The number of ether oxygens (including phenoxy) is 1. The van der Waals surface area contributed by atoms with Gasteiger partial charge in [-0.05, 0) is 37.2 Å². The molecule has 0 fully saturated rings. The van der Waals surface area contributed by atoms with Gasteiger partial charge in [-0.2, -0.15) is 0 Å². The summed E-state index contributed by atoms with van der Waals surface area (Å²) in [5.41, 5.74) is 1.67. The van der Waals surface area contributed by atoms with E-state index < -0.39 is 17.1 Å². The second-order valence-corrected chi connectivity index (χ2v) is 6.16. The topological polar surface area (TPSA) is 76.7 Å². The Balaban J connectivity index is 2.21. The molecule has 5 nitrogen and oxygen atoms in total. The van der Waals surface area contributed by atoms with Gasteiger partial charge in [-0.25, -0.2) is 4.79 Å². The smallest absolute Gasteiger partial charge is 0.345 e. The van der Waals surface area contributed by atoms with Crippen LogP contribution in [0.3, 0.4) is 0 Å². The summed E-state index contributed by atoms with van der Waals surface area (Å²) < 4.78 is 9.90. The maximum absolute atomic E-state index is 12.2. The van der Waals surface area contributed by atoms with E-state index in [1.165, 1.54) is 0 Å². The van der Waals surface area contributed by atoms with E-state index in [0.29, 0.717) is 0 Å². The molecule has 22 heavy (non-hydrogen) atoms. The Morgan fingerprint density at radius 3 is 2.77 bits per heavy atom. The van der Waals surface area contributed by atoms with Gasteiger partial charge in [0.1, 0.15) is 6.26 Å². The monoisotopic (exact) mass is 304 g/mol. The van der Waals surface area contributed by atoms with Crippen molar-refractivity contribution in [2.45, 2.75) is 40.0 Å². The van der Waals surface area contributed by atoms with Gasteiger partial charge in [0.2, 0.25) is 5.43 Å². The molecular formula is C17H20O5. The Morgan fingerprint density at radius 2 is 2.14 bits per heavy atom. The minimum atomic E-state index is -0.672. The summed E-state index contributed by atoms with van der Waals surface area (Å²) in [7, 11) is 0. The Kier molecular flexibility index (Phi) is 4.26. The largest absolute Gasteiger partial charge is 0.502 e. The first kappa shape index (κ1) is 16.1. The molecule has 0 aromatic carbocycles. The first-order valence-corrected chi connectivity index (χ1v) is 7.16. The highest BCUT2D eigenvalue weighted by atomic mass is 16.6. The van der Waals surface area contributed by atoms with Crippen LogP contribution in [-0.2, 0) is 4.79 Å². The summed E-state index contributed by atoms with van der Waals surface area (Å²) in [6, 6.07) is 0.923. The van der Waals surface area contributed by atoms with Gasteiger partial charge >= 0.3 is 5.97 Å². The van der Waals surface area contributed by atoms with Gasteiger partial charge in [-0.15, -0.1) is 0 Å². The third-order valence-corrected chi connectivity index (χ3v) is 4.29. The molecule has 1 aromatic heterocycles. The van der Waals surface area contributed by atoms with Gasteiger partial charge in [0.15, 0.2) is 5.75 Å². The fourth-order valence-corrected chi connectivity index (χ4v) is 2.58. The van der Waals surface area contributed by atoms with Crippen LogP contribution >= 0.6 is 0 Å². The molecule has 1 N–H and O–H groups in total. The Bertz CT molecular complexity index is 706. The number of allylic oxidation sites excluding steroid dienone is 1. The van der Waals surface area contributed by atoms with Crippen molar-refractivity contribution in [3.63, 3.8) is 0 Å². The molecule has 0 aliphatic heterocycles. The van der Waals surface area contributed by atoms with Crippen LogP contribution in [-0.4, -0.2) is 11.1 Å². The molecule has 0 saturated carbocycles. The van der Waals surface area contributed by atoms with E-state index in [4.69, 9.17) is 14.3 Å². The van der Waals surface area contributed by atoms with Gasteiger partial charge < -0.3 is 14.3 Å². The highest BCUT2D eigenvalue weighted by molar-refractivity contribution is 5.94. The first-order valence-electron chi connectivity index (χ1n) is 7.16. The first-order chi connectivity index (χ1) is 10.2. The molecule has 0 atom stereocenters. The van der Waals surface area contributed by atoms with E-state index >= 15 is 0 Å². The number of rotatable bonds is 3. The lowest BCUT2D eigenvalue weighted by atomic mass is 9.72. The third kappa shape index (κ3) is 3.13. The predicted molar refractivity (Wildman–Crippen MR) is 81.7 cm³/mol. The van der Waals surface area contributed by atoms with E-state index in [-0.39, 0.29) is 16.9 Å². The Hall–Kier alpha value is -2.30. The Morgan fingerprint density at radius 1 is 1.45 bits per heavy atom. The van der Waals surface area contributed by atoms with Crippen molar-refractivity contribution in [2.24, 2.45) is 5.41 Å². The molecule has 1 aliphatic rings. The van der Waals surface area contributed by atoms with Crippen LogP contribution in [0.1, 0.15) is 40.0 Å². The molecule has 0 spiro atoms. The van der Waals surface area contributed by atoms with Crippen molar-refractivity contribution in [1.82, 2.24) is 0 Å². The second-order valence-electron chi connectivity index (χ2n) is 6.16. The zero-order valence-corrected chi connectivity index (χ0v) is 13.1. The quantitative estimate of drug-likeness (QED) is 0.684. The molecule has 0 amide bonds. The van der Waals surface area contributed by atoms with Crippen LogP contribution in [0.5, 0.6) is 11.7 Å². The van der Waals surface area contributed by atoms with E-state index in [2.05, 4.69) is 20.4 Å². The van der Waals surface area contributed by atoms with Crippen molar-refractivity contribution < 1.29 is 19.1 Å². The summed E-state index contributed by atoms with van der Waals surface area (Å²) in [6.45, 7) is 10.1. The molecule has 118 valence electrons. The number of hydrogen-bond acceptors (Lipinski definition) is 5. The molecule has 2 rings (SSSR count). The predicted octanol–water partition coefficient (Wildman–Crippen LogP) is 3.33. The fraction of sp³-hybridized carbons (Fsp3) is 0.412. The lowest BCUT2D eigenvalue weighted by Gasteiger charge is -2.33. The summed E-state index contributed by atoms with van der Waals surface area (Å²) in [6.07, 6.45) is 3.67. The second kappa shape index (κ2) is 5.83. The number of aromatic hydroxyl groups is 1. The van der Waals surface area contributed by atoms with E-state index in [0.717, 1.165) is 42.7 Å². The summed E-state index contributed by atoms with van der Waals surface area (Å²) in [5, 5.41) is 9.11. The van der Waals surface area contributed by atoms with Gasteiger partial charge in [-0.1, -0.05) is 26.0 Å². The maximum atomic E-state index is 12.2. The normalized spacial score (nSPS) is 17.2. The molecular weight excluding hydrogens is 284 g/mol. The molecule has 0 saturated heterocycles. The highest BCUT2D eigenvalue weighted by Gasteiger charge is 2.30. The van der Waals surface area contributed by atoms with Gasteiger partial charge in [0.05, 0.1) is 11.6 Å². The van der Waals surface area contributed by atoms with Crippen molar-refractivity contribution >= 4 is 5.97 Å². The molecule has 1 aromatic rings. The van der Waals surface area contributed by atoms with Crippen LogP contribution in [0, 0.1) is 5.41 Å². The van der Waals surface area contributed by atoms with Crippen LogP contribution in [0.25, 0.3) is 0 Å². The number of carbonyl (C=O) groups excluding carboxylic acids is 1. The highest BCUT2D eigenvalue weighted by Crippen LogP contribution is 2.41. The van der Waals surface area contributed by atoms with Crippen LogP contribution < -0.4 is 10.2 Å².